The first-order valence-electron chi connectivity index (χ1n) is 5.58. The molecule has 1 unspecified atom stereocenters. The van der Waals surface area contributed by atoms with Gasteiger partial charge < -0.3 is 0 Å². The molecule has 5 heteroatoms. The van der Waals surface area contributed by atoms with Gasteiger partial charge in [-0.15, -0.1) is 11.8 Å². The average molecular weight is 343 g/mol. The van der Waals surface area contributed by atoms with Gasteiger partial charge in [0.1, 0.15) is 0 Å². The summed E-state index contributed by atoms with van der Waals surface area (Å²) >= 11 is 7.04. The quantitative estimate of drug-likeness (QED) is 0.487. The molecule has 3 N–H and O–H groups in total. The van der Waals surface area contributed by atoms with Gasteiger partial charge in [-0.2, -0.15) is 11.3 Å². The van der Waals surface area contributed by atoms with E-state index in [-0.39, 0.29) is 6.04 Å². The Morgan fingerprint density at radius 2 is 2.06 bits per heavy atom. The van der Waals surface area contributed by atoms with Crippen molar-refractivity contribution in [2.45, 2.75) is 17.9 Å². The summed E-state index contributed by atoms with van der Waals surface area (Å²) in [7, 11) is 0. The second-order valence-electron chi connectivity index (χ2n) is 4.02. The zero-order chi connectivity index (χ0) is 13.0. The minimum absolute atomic E-state index is 0.164. The lowest BCUT2D eigenvalue weighted by atomic mass is 10.2. The molecule has 0 saturated heterocycles. The molecule has 0 fully saturated rings. The van der Waals surface area contributed by atoms with E-state index in [4.69, 9.17) is 5.84 Å². The number of hydrogen-bond donors (Lipinski definition) is 2. The summed E-state index contributed by atoms with van der Waals surface area (Å²) < 4.78 is 1.12. The minimum Gasteiger partial charge on any atom is -0.271 e. The molecular weight excluding hydrogens is 328 g/mol. The highest BCUT2D eigenvalue weighted by atomic mass is 79.9. The van der Waals surface area contributed by atoms with Gasteiger partial charge in [-0.1, -0.05) is 17.7 Å². The molecule has 1 aromatic heterocycles. The Labute approximate surface area is 124 Å². The van der Waals surface area contributed by atoms with Crippen molar-refractivity contribution in [2.24, 2.45) is 5.84 Å². The summed E-state index contributed by atoms with van der Waals surface area (Å²) in [4.78, 5) is 1.27. The standard InChI is InChI=1S/C13H15BrN2S2/c1-9-2-4-10(5-3-9)18-8-13(16-15)11-6-17-7-12(11)14/h2-7,13,16H,8,15H2,1H3. The fourth-order valence-electron chi connectivity index (χ4n) is 1.58. The van der Waals surface area contributed by atoms with Gasteiger partial charge >= 0.3 is 0 Å². The van der Waals surface area contributed by atoms with E-state index in [1.54, 1.807) is 11.3 Å². The van der Waals surface area contributed by atoms with Crippen molar-refractivity contribution in [3.8, 4) is 0 Å². The molecule has 2 nitrogen and oxygen atoms in total. The van der Waals surface area contributed by atoms with Crippen LogP contribution in [0.4, 0.5) is 0 Å². The van der Waals surface area contributed by atoms with E-state index in [9.17, 15) is 0 Å². The Morgan fingerprint density at radius 1 is 1.33 bits per heavy atom. The maximum absolute atomic E-state index is 5.64. The predicted molar refractivity (Wildman–Crippen MR) is 84.0 cm³/mol. The maximum Gasteiger partial charge on any atom is 0.0573 e. The molecule has 0 saturated carbocycles. The molecule has 0 spiro atoms. The van der Waals surface area contributed by atoms with Crippen molar-refractivity contribution >= 4 is 39.0 Å². The minimum atomic E-state index is 0.164. The molecule has 1 atom stereocenters. The van der Waals surface area contributed by atoms with Crippen LogP contribution in [0.1, 0.15) is 17.2 Å². The third kappa shape index (κ3) is 3.59. The van der Waals surface area contributed by atoms with Gasteiger partial charge in [0.15, 0.2) is 0 Å². The Kier molecular flexibility index (Phi) is 5.26. The van der Waals surface area contributed by atoms with E-state index in [0.29, 0.717) is 0 Å². The highest BCUT2D eigenvalue weighted by Crippen LogP contribution is 2.31. The van der Waals surface area contributed by atoms with Crippen LogP contribution in [0, 0.1) is 6.92 Å². The summed E-state index contributed by atoms with van der Waals surface area (Å²) in [6.07, 6.45) is 0. The van der Waals surface area contributed by atoms with Gasteiger partial charge in [-0.3, -0.25) is 11.3 Å². The first kappa shape index (κ1) is 14.1. The normalized spacial score (nSPS) is 12.6. The zero-order valence-corrected chi connectivity index (χ0v) is 13.2. The van der Waals surface area contributed by atoms with Crippen LogP contribution < -0.4 is 11.3 Å². The van der Waals surface area contributed by atoms with Gasteiger partial charge in [-0.05, 0) is 45.9 Å². The molecule has 1 heterocycles. The number of rotatable bonds is 5. The first-order valence-corrected chi connectivity index (χ1v) is 8.30. The molecule has 1 aromatic carbocycles. The molecule has 0 bridgehead atoms. The summed E-state index contributed by atoms with van der Waals surface area (Å²) in [6, 6.07) is 8.73. The van der Waals surface area contributed by atoms with Crippen LogP contribution in [0.5, 0.6) is 0 Å². The number of nitrogens with two attached hydrogens (primary N) is 1. The van der Waals surface area contributed by atoms with Crippen LogP contribution in [0.3, 0.4) is 0 Å². The predicted octanol–water partition coefficient (Wildman–Crippen LogP) is 4.12. The maximum atomic E-state index is 5.64. The number of hydrogen-bond acceptors (Lipinski definition) is 4. The number of hydrazine groups is 1. The molecule has 0 radical (unpaired) electrons. The molecule has 2 aromatic rings. The molecule has 0 aliphatic carbocycles. The Balaban J connectivity index is 2.00. The van der Waals surface area contributed by atoms with Crippen LogP contribution >= 0.6 is 39.0 Å². The van der Waals surface area contributed by atoms with Crippen LogP contribution in [0.15, 0.2) is 44.4 Å². The zero-order valence-electron chi connectivity index (χ0n) is 10.0. The molecule has 18 heavy (non-hydrogen) atoms. The SMILES string of the molecule is Cc1ccc(SCC(NN)c2cscc2Br)cc1. The van der Waals surface area contributed by atoms with Crippen molar-refractivity contribution < 1.29 is 0 Å². The van der Waals surface area contributed by atoms with Gasteiger partial charge in [0.25, 0.3) is 0 Å². The van der Waals surface area contributed by atoms with Crippen LogP contribution in [-0.4, -0.2) is 5.75 Å². The topological polar surface area (TPSA) is 38.0 Å². The number of halogens is 1. The fourth-order valence-corrected chi connectivity index (χ4v) is 4.17. The average Bonchev–Trinajstić information content (AvgIpc) is 2.79. The number of aryl methyl sites for hydroxylation is 1. The van der Waals surface area contributed by atoms with E-state index in [1.807, 2.05) is 11.8 Å². The highest BCUT2D eigenvalue weighted by Gasteiger charge is 2.14. The van der Waals surface area contributed by atoms with Crippen LogP contribution in [0.2, 0.25) is 0 Å². The lowest BCUT2D eigenvalue weighted by Crippen LogP contribution is -2.29. The highest BCUT2D eigenvalue weighted by molar-refractivity contribution is 9.10. The molecule has 2 rings (SSSR count). The van der Waals surface area contributed by atoms with Crippen molar-refractivity contribution in [3.63, 3.8) is 0 Å². The molecule has 96 valence electrons. The fraction of sp³-hybridized carbons (Fsp3) is 0.231. The molecule has 0 aliphatic heterocycles. The Hall–Kier alpha value is -0.330. The summed E-state index contributed by atoms with van der Waals surface area (Å²) in [6.45, 7) is 2.10. The van der Waals surface area contributed by atoms with Gasteiger partial charge in [0.05, 0.1) is 6.04 Å². The van der Waals surface area contributed by atoms with Gasteiger partial charge in [0.2, 0.25) is 0 Å². The van der Waals surface area contributed by atoms with Crippen LogP contribution in [-0.2, 0) is 0 Å². The molecule has 0 aliphatic rings. The monoisotopic (exact) mass is 342 g/mol. The summed E-state index contributed by atoms with van der Waals surface area (Å²) in [5, 5.41) is 4.21. The van der Waals surface area contributed by atoms with Crippen molar-refractivity contribution in [2.75, 3.05) is 5.75 Å². The van der Waals surface area contributed by atoms with Gasteiger partial charge in [-0.25, -0.2) is 0 Å². The van der Waals surface area contributed by atoms with Crippen molar-refractivity contribution in [1.82, 2.24) is 5.43 Å². The van der Waals surface area contributed by atoms with E-state index < -0.39 is 0 Å². The first-order chi connectivity index (χ1) is 8.70. The summed E-state index contributed by atoms with van der Waals surface area (Å²) in [5.74, 6) is 6.55. The second kappa shape index (κ2) is 6.73. The summed E-state index contributed by atoms with van der Waals surface area (Å²) in [5.41, 5.74) is 5.39. The van der Waals surface area contributed by atoms with E-state index in [0.717, 1.165) is 10.2 Å². The van der Waals surface area contributed by atoms with Crippen LogP contribution in [0.25, 0.3) is 0 Å². The number of benzene rings is 1. The van der Waals surface area contributed by atoms with Crippen molar-refractivity contribution in [3.05, 3.63) is 50.6 Å². The van der Waals surface area contributed by atoms with Gasteiger partial charge in [0, 0.05) is 20.5 Å². The van der Waals surface area contributed by atoms with E-state index >= 15 is 0 Å². The Bertz CT molecular complexity index is 496. The van der Waals surface area contributed by atoms with E-state index in [1.165, 1.54) is 16.0 Å². The third-order valence-corrected chi connectivity index (χ3v) is 5.51. The van der Waals surface area contributed by atoms with Crippen molar-refractivity contribution in [1.29, 1.82) is 0 Å². The second-order valence-corrected chi connectivity index (χ2v) is 6.71. The largest absolute Gasteiger partial charge is 0.271 e. The lowest BCUT2D eigenvalue weighted by Gasteiger charge is -2.15. The molecular formula is C13H15BrN2S2. The Morgan fingerprint density at radius 3 is 2.61 bits per heavy atom. The number of nitrogens with one attached hydrogen (secondary N) is 1. The lowest BCUT2D eigenvalue weighted by molar-refractivity contribution is 0.610. The molecule has 0 amide bonds. The smallest absolute Gasteiger partial charge is 0.0573 e. The number of thiophene rings is 1. The number of thioether (sulfide) groups is 1. The van der Waals surface area contributed by atoms with E-state index in [2.05, 4.69) is 63.3 Å². The third-order valence-electron chi connectivity index (χ3n) is 2.66.